The molecule has 0 fully saturated rings. The first-order valence-corrected chi connectivity index (χ1v) is 13.1. The third-order valence-corrected chi connectivity index (χ3v) is 6.46. The van der Waals surface area contributed by atoms with Crippen LogP contribution in [0.5, 0.6) is 0 Å². The van der Waals surface area contributed by atoms with Crippen LogP contribution in [0.2, 0.25) is 0 Å². The summed E-state index contributed by atoms with van der Waals surface area (Å²) in [5.74, 6) is 12.9. The molecule has 0 saturated carbocycles. The Labute approximate surface area is 242 Å². The first-order valence-electron chi connectivity index (χ1n) is 13.1. The third kappa shape index (κ3) is 6.04. The van der Waals surface area contributed by atoms with E-state index in [9.17, 15) is 13.2 Å². The van der Waals surface area contributed by atoms with Crippen LogP contribution in [0, 0.1) is 23.7 Å². The van der Waals surface area contributed by atoms with E-state index in [1.54, 1.807) is 12.1 Å². The van der Waals surface area contributed by atoms with Crippen LogP contribution in [-0.2, 0) is 6.18 Å². The van der Waals surface area contributed by atoms with Gasteiger partial charge in [-0.2, -0.15) is 13.2 Å². The molecule has 0 atom stereocenters. The Morgan fingerprint density at radius 1 is 0.548 bits per heavy atom. The molecule has 6 heteroatoms. The van der Waals surface area contributed by atoms with Crippen LogP contribution in [-0.4, -0.2) is 5.84 Å². The van der Waals surface area contributed by atoms with Crippen molar-refractivity contribution in [3.63, 3.8) is 0 Å². The first-order chi connectivity index (χ1) is 20.4. The second-order valence-electron chi connectivity index (χ2n) is 9.40. The van der Waals surface area contributed by atoms with E-state index in [1.165, 1.54) is 11.1 Å². The quantitative estimate of drug-likeness (QED) is 0.203. The molecule has 1 aliphatic heterocycles. The van der Waals surface area contributed by atoms with Crippen LogP contribution in [0.25, 0.3) is 0 Å². The standard InChI is InChI=1S/C36H21F3N3/c37-36(38,39)31-21-24-33-34(25-31)42(32-22-17-29(18-23-32)14-12-27-9-5-2-6-10-27)41-35(40-33)30-19-15-28(16-20-30)13-11-26-7-3-1-4-8-26/h1-10,15-25H. The molecule has 201 valence electrons. The van der Waals surface area contributed by atoms with Gasteiger partial charge >= 0.3 is 6.18 Å². The van der Waals surface area contributed by atoms with E-state index in [4.69, 9.17) is 0 Å². The normalized spacial score (nSPS) is 12.1. The molecule has 0 saturated heterocycles. The predicted octanol–water partition coefficient (Wildman–Crippen LogP) is 8.25. The maximum atomic E-state index is 13.6. The number of rotatable bonds is 2. The van der Waals surface area contributed by atoms with Crippen molar-refractivity contribution >= 4 is 22.9 Å². The minimum Gasteiger partial charge on any atom is -0.229 e. The van der Waals surface area contributed by atoms with Crippen LogP contribution < -0.4 is 10.4 Å². The fraction of sp³-hybridized carbons (Fsp3) is 0.0278. The van der Waals surface area contributed by atoms with Crippen LogP contribution in [0.4, 0.5) is 30.2 Å². The molecule has 1 heterocycles. The minimum atomic E-state index is -4.50. The number of aliphatic imine (C=N–C) groups is 1. The molecule has 6 rings (SSSR count). The lowest BCUT2D eigenvalue weighted by Crippen LogP contribution is -2.35. The second-order valence-corrected chi connectivity index (χ2v) is 9.40. The number of nitrogens with zero attached hydrogens (tertiary/aromatic N) is 3. The lowest BCUT2D eigenvalue weighted by molar-refractivity contribution is -0.137. The Hall–Kier alpha value is -5.72. The van der Waals surface area contributed by atoms with Crippen molar-refractivity contribution in [2.75, 3.05) is 5.01 Å². The molecule has 1 aliphatic rings. The van der Waals surface area contributed by atoms with Gasteiger partial charge < -0.3 is 0 Å². The summed E-state index contributed by atoms with van der Waals surface area (Å²) in [7, 11) is 0. The number of halogens is 3. The average Bonchev–Trinajstić information content (AvgIpc) is 3.03. The van der Waals surface area contributed by atoms with E-state index in [1.807, 2.05) is 97.1 Å². The zero-order chi connectivity index (χ0) is 28.9. The Balaban J connectivity index is 1.32. The van der Waals surface area contributed by atoms with Crippen molar-refractivity contribution in [3.05, 3.63) is 161 Å². The molecule has 1 radical (unpaired) electrons. The van der Waals surface area contributed by atoms with E-state index < -0.39 is 11.7 Å². The second kappa shape index (κ2) is 11.4. The molecule has 0 N–H and O–H groups in total. The first kappa shape index (κ1) is 26.5. The highest BCUT2D eigenvalue weighted by atomic mass is 19.4. The van der Waals surface area contributed by atoms with E-state index >= 15 is 0 Å². The molecule has 5 aromatic rings. The largest absolute Gasteiger partial charge is 0.416 e. The highest BCUT2D eigenvalue weighted by molar-refractivity contribution is 6.04. The molecule has 0 aromatic heterocycles. The molecular weight excluding hydrogens is 531 g/mol. The number of fused-ring (bicyclic) bond motifs is 1. The van der Waals surface area contributed by atoms with Crippen molar-refractivity contribution in [2.24, 2.45) is 4.99 Å². The summed E-state index contributed by atoms with van der Waals surface area (Å²) < 4.78 is 40.8. The highest BCUT2D eigenvalue weighted by Gasteiger charge is 2.33. The van der Waals surface area contributed by atoms with Gasteiger partial charge in [0, 0.05) is 27.8 Å². The minimum absolute atomic E-state index is 0.238. The zero-order valence-corrected chi connectivity index (χ0v) is 22.1. The van der Waals surface area contributed by atoms with Gasteiger partial charge in [-0.1, -0.05) is 60.1 Å². The van der Waals surface area contributed by atoms with Crippen molar-refractivity contribution in [2.45, 2.75) is 6.18 Å². The lowest BCUT2D eigenvalue weighted by atomic mass is 10.1. The van der Waals surface area contributed by atoms with Gasteiger partial charge in [0.1, 0.15) is 0 Å². The molecule has 0 unspecified atom stereocenters. The van der Waals surface area contributed by atoms with E-state index in [0.717, 1.165) is 34.4 Å². The number of hydrogen-bond donors (Lipinski definition) is 0. The maximum absolute atomic E-state index is 13.6. The Morgan fingerprint density at radius 2 is 1.05 bits per heavy atom. The summed E-state index contributed by atoms with van der Waals surface area (Å²) in [5, 5.41) is 1.49. The van der Waals surface area contributed by atoms with Crippen LogP contribution in [0.3, 0.4) is 0 Å². The van der Waals surface area contributed by atoms with Crippen molar-refractivity contribution < 1.29 is 13.2 Å². The topological polar surface area (TPSA) is 29.7 Å². The number of hydrogen-bond acceptors (Lipinski definition) is 2. The van der Waals surface area contributed by atoms with Crippen molar-refractivity contribution in [1.29, 1.82) is 0 Å². The molecule has 0 bridgehead atoms. The number of benzene rings is 5. The summed E-state index contributed by atoms with van der Waals surface area (Å²) in [6.45, 7) is 0. The van der Waals surface area contributed by atoms with Crippen molar-refractivity contribution in [1.82, 2.24) is 5.43 Å². The van der Waals surface area contributed by atoms with Crippen LogP contribution in [0.1, 0.15) is 33.4 Å². The number of anilines is 2. The van der Waals surface area contributed by atoms with Gasteiger partial charge in [0.25, 0.3) is 0 Å². The lowest BCUT2D eigenvalue weighted by Gasteiger charge is -2.29. The van der Waals surface area contributed by atoms with Gasteiger partial charge in [0.15, 0.2) is 5.84 Å². The summed E-state index contributed by atoms with van der Waals surface area (Å²) in [4.78, 5) is 4.60. The monoisotopic (exact) mass is 552 g/mol. The van der Waals surface area contributed by atoms with Gasteiger partial charge in [-0.05, 0) is 91.0 Å². The Morgan fingerprint density at radius 3 is 1.57 bits per heavy atom. The van der Waals surface area contributed by atoms with Gasteiger partial charge in [-0.3, -0.25) is 0 Å². The molecule has 0 amide bonds. The fourth-order valence-electron chi connectivity index (χ4n) is 4.29. The van der Waals surface area contributed by atoms with Gasteiger partial charge in [-0.15, -0.1) is 5.43 Å². The maximum Gasteiger partial charge on any atom is 0.416 e. The molecule has 5 aromatic carbocycles. The molecular formula is C36H21F3N3. The fourth-order valence-corrected chi connectivity index (χ4v) is 4.29. The summed E-state index contributed by atoms with van der Waals surface area (Å²) in [6, 6.07) is 37.4. The predicted molar refractivity (Wildman–Crippen MR) is 160 cm³/mol. The molecule has 42 heavy (non-hydrogen) atoms. The average molecular weight is 553 g/mol. The van der Waals surface area contributed by atoms with E-state index in [0.29, 0.717) is 22.8 Å². The third-order valence-electron chi connectivity index (χ3n) is 6.46. The van der Waals surface area contributed by atoms with Crippen molar-refractivity contribution in [3.8, 4) is 23.7 Å². The van der Waals surface area contributed by atoms with Gasteiger partial charge in [0.2, 0.25) is 0 Å². The SMILES string of the molecule is FC(F)(F)c1ccc2c(c1)N(c1ccc(C#Cc3ccccc3)cc1)[N]C(c1ccc(C#Cc3ccccc3)cc1)=N2. The zero-order valence-electron chi connectivity index (χ0n) is 22.1. The highest BCUT2D eigenvalue weighted by Crippen LogP contribution is 2.41. The van der Waals surface area contributed by atoms with Crippen LogP contribution in [0.15, 0.2) is 132 Å². The molecule has 3 nitrogen and oxygen atoms in total. The smallest absolute Gasteiger partial charge is 0.229 e. The van der Waals surface area contributed by atoms with Gasteiger partial charge in [-0.25, -0.2) is 10.0 Å². The number of alkyl halides is 3. The van der Waals surface area contributed by atoms with E-state index in [2.05, 4.69) is 34.1 Å². The van der Waals surface area contributed by atoms with E-state index in [-0.39, 0.29) is 5.69 Å². The molecule has 0 aliphatic carbocycles. The Bertz CT molecular complexity index is 1870. The summed E-state index contributed by atoms with van der Waals surface area (Å²) in [6.07, 6.45) is -4.50. The number of amidine groups is 1. The summed E-state index contributed by atoms with van der Waals surface area (Å²) in [5.41, 5.74) is 9.21. The Kier molecular flexibility index (Phi) is 7.20. The summed E-state index contributed by atoms with van der Waals surface area (Å²) >= 11 is 0. The van der Waals surface area contributed by atoms with Crippen LogP contribution >= 0.6 is 0 Å². The molecule has 0 spiro atoms. The van der Waals surface area contributed by atoms with Gasteiger partial charge in [0.05, 0.1) is 22.6 Å².